The molecule has 2 fully saturated rings. The lowest BCUT2D eigenvalue weighted by molar-refractivity contribution is 0.184. The summed E-state index contributed by atoms with van der Waals surface area (Å²) < 4.78 is 0. The third kappa shape index (κ3) is 1.68. The van der Waals surface area contributed by atoms with Gasteiger partial charge in [0.15, 0.2) is 0 Å². The second-order valence-electron chi connectivity index (χ2n) is 5.46. The van der Waals surface area contributed by atoms with Gasteiger partial charge in [-0.1, -0.05) is 37.3 Å². The topological polar surface area (TPSA) is 61.4 Å². The summed E-state index contributed by atoms with van der Waals surface area (Å²) in [4.78, 5) is 11.0. The summed E-state index contributed by atoms with van der Waals surface area (Å²) in [6, 6.07) is 10.5. The minimum atomic E-state index is -0.911. The molecular formula is C14H18N2O2. The second kappa shape index (κ2) is 3.99. The number of carbonyl (C=O) groups is 1. The lowest BCUT2D eigenvalue weighted by Crippen LogP contribution is -2.50. The maximum atomic E-state index is 11.0. The van der Waals surface area contributed by atoms with Crippen LogP contribution in [-0.4, -0.2) is 29.3 Å². The molecule has 0 bridgehead atoms. The minimum absolute atomic E-state index is 0.195. The highest BCUT2D eigenvalue weighted by molar-refractivity contribution is 5.67. The second-order valence-corrected chi connectivity index (χ2v) is 5.46. The summed E-state index contributed by atoms with van der Waals surface area (Å²) in [5.41, 5.74) is 1.02. The van der Waals surface area contributed by atoms with Gasteiger partial charge in [-0.2, -0.15) is 0 Å². The molecule has 0 aromatic heterocycles. The standard InChI is InChI=1S/C14H18N2O2/c1-9(10-5-3-2-4-6-10)12-14(16-13(17)18)7-11(14)8-15-12/h2-6,9,11-12,15-16H,7-8H2,1H3,(H,17,18)/t9?,11?,12?,14-/m1/s1. The molecule has 1 heterocycles. The van der Waals surface area contributed by atoms with Crippen molar-refractivity contribution in [3.05, 3.63) is 35.9 Å². The van der Waals surface area contributed by atoms with Crippen LogP contribution in [0.25, 0.3) is 0 Å². The van der Waals surface area contributed by atoms with Crippen LogP contribution in [0.2, 0.25) is 0 Å². The molecule has 2 aliphatic rings. The van der Waals surface area contributed by atoms with E-state index < -0.39 is 6.09 Å². The van der Waals surface area contributed by atoms with Gasteiger partial charge in [0, 0.05) is 12.6 Å². The molecule has 1 aliphatic carbocycles. The number of hydrogen-bond donors (Lipinski definition) is 3. The highest BCUT2D eigenvalue weighted by Gasteiger charge is 2.65. The quantitative estimate of drug-likeness (QED) is 0.762. The van der Waals surface area contributed by atoms with Crippen molar-refractivity contribution in [2.75, 3.05) is 6.54 Å². The van der Waals surface area contributed by atoms with Crippen molar-refractivity contribution in [1.29, 1.82) is 0 Å². The lowest BCUT2D eigenvalue weighted by atomic mass is 9.88. The molecule has 1 amide bonds. The Morgan fingerprint density at radius 2 is 2.22 bits per heavy atom. The van der Waals surface area contributed by atoms with Gasteiger partial charge in [-0.3, -0.25) is 0 Å². The molecule has 0 spiro atoms. The van der Waals surface area contributed by atoms with Crippen LogP contribution in [0.15, 0.2) is 30.3 Å². The Kier molecular flexibility index (Phi) is 2.55. The summed E-state index contributed by atoms with van der Waals surface area (Å²) in [5, 5.41) is 15.2. The molecule has 1 saturated heterocycles. The Morgan fingerprint density at radius 3 is 2.83 bits per heavy atom. The molecule has 1 saturated carbocycles. The maximum absolute atomic E-state index is 11.0. The number of fused-ring (bicyclic) bond motifs is 1. The third-order valence-corrected chi connectivity index (χ3v) is 4.46. The molecule has 1 aromatic rings. The van der Waals surface area contributed by atoms with E-state index in [-0.39, 0.29) is 11.6 Å². The first-order chi connectivity index (χ1) is 8.63. The van der Waals surface area contributed by atoms with Gasteiger partial charge in [-0.15, -0.1) is 0 Å². The van der Waals surface area contributed by atoms with Crippen LogP contribution in [0, 0.1) is 5.92 Å². The Labute approximate surface area is 106 Å². The Balaban J connectivity index is 1.82. The highest BCUT2D eigenvalue weighted by atomic mass is 16.4. The molecule has 1 aliphatic heterocycles. The first kappa shape index (κ1) is 11.5. The highest BCUT2D eigenvalue weighted by Crippen LogP contribution is 2.53. The van der Waals surface area contributed by atoms with Gasteiger partial charge in [0.05, 0.1) is 5.54 Å². The number of piperidine rings is 1. The predicted octanol–water partition coefficient (Wildman–Crippen LogP) is 1.79. The summed E-state index contributed by atoms with van der Waals surface area (Å²) in [5.74, 6) is 0.773. The lowest BCUT2D eigenvalue weighted by Gasteiger charge is -2.29. The van der Waals surface area contributed by atoms with Crippen molar-refractivity contribution < 1.29 is 9.90 Å². The van der Waals surface area contributed by atoms with Crippen LogP contribution < -0.4 is 10.6 Å². The van der Waals surface area contributed by atoms with E-state index in [1.165, 1.54) is 5.56 Å². The fourth-order valence-electron chi connectivity index (χ4n) is 3.44. The maximum Gasteiger partial charge on any atom is 0.405 e. The van der Waals surface area contributed by atoms with E-state index in [9.17, 15) is 4.79 Å². The van der Waals surface area contributed by atoms with Gasteiger partial charge in [-0.25, -0.2) is 4.79 Å². The van der Waals surface area contributed by atoms with E-state index in [4.69, 9.17) is 5.11 Å². The minimum Gasteiger partial charge on any atom is -0.465 e. The molecule has 1 aromatic carbocycles. The van der Waals surface area contributed by atoms with Gasteiger partial charge in [0.2, 0.25) is 0 Å². The van der Waals surface area contributed by atoms with Crippen LogP contribution in [0.1, 0.15) is 24.8 Å². The number of benzene rings is 1. The van der Waals surface area contributed by atoms with Gasteiger partial charge in [-0.05, 0) is 23.8 Å². The van der Waals surface area contributed by atoms with E-state index in [1.54, 1.807) is 0 Å². The zero-order valence-electron chi connectivity index (χ0n) is 10.4. The molecule has 3 unspecified atom stereocenters. The van der Waals surface area contributed by atoms with E-state index in [1.807, 2.05) is 18.2 Å². The Bertz CT molecular complexity index is 462. The number of amides is 1. The first-order valence-electron chi connectivity index (χ1n) is 6.43. The largest absolute Gasteiger partial charge is 0.465 e. The summed E-state index contributed by atoms with van der Waals surface area (Å²) >= 11 is 0. The van der Waals surface area contributed by atoms with Crippen LogP contribution >= 0.6 is 0 Å². The van der Waals surface area contributed by atoms with Crippen LogP contribution in [0.3, 0.4) is 0 Å². The average molecular weight is 246 g/mol. The first-order valence-corrected chi connectivity index (χ1v) is 6.43. The van der Waals surface area contributed by atoms with Gasteiger partial charge >= 0.3 is 6.09 Å². The van der Waals surface area contributed by atoms with Crippen molar-refractivity contribution in [2.24, 2.45) is 5.92 Å². The summed E-state index contributed by atoms with van der Waals surface area (Å²) in [6.45, 7) is 3.08. The molecule has 4 nitrogen and oxygen atoms in total. The molecule has 4 heteroatoms. The predicted molar refractivity (Wildman–Crippen MR) is 68.6 cm³/mol. The van der Waals surface area contributed by atoms with Crippen molar-refractivity contribution in [1.82, 2.24) is 10.6 Å². The molecule has 96 valence electrons. The Hall–Kier alpha value is -1.55. The molecule has 18 heavy (non-hydrogen) atoms. The van der Waals surface area contributed by atoms with Crippen LogP contribution in [-0.2, 0) is 0 Å². The smallest absolute Gasteiger partial charge is 0.405 e. The van der Waals surface area contributed by atoms with Crippen molar-refractivity contribution in [3.8, 4) is 0 Å². The third-order valence-electron chi connectivity index (χ3n) is 4.46. The number of rotatable bonds is 3. The molecule has 3 N–H and O–H groups in total. The van der Waals surface area contributed by atoms with E-state index in [0.717, 1.165) is 13.0 Å². The molecule has 4 atom stereocenters. The van der Waals surface area contributed by atoms with E-state index >= 15 is 0 Å². The number of carboxylic acid groups (broad SMARTS) is 1. The summed E-state index contributed by atoms with van der Waals surface area (Å²) in [7, 11) is 0. The van der Waals surface area contributed by atoms with Gasteiger partial charge in [0.1, 0.15) is 0 Å². The van der Waals surface area contributed by atoms with E-state index in [2.05, 4.69) is 29.7 Å². The van der Waals surface area contributed by atoms with Crippen LogP contribution in [0.5, 0.6) is 0 Å². The molecular weight excluding hydrogens is 228 g/mol. The zero-order valence-corrected chi connectivity index (χ0v) is 10.4. The number of hydrogen-bond acceptors (Lipinski definition) is 2. The number of nitrogens with one attached hydrogen (secondary N) is 2. The fraction of sp³-hybridized carbons (Fsp3) is 0.500. The SMILES string of the molecule is CC(c1ccccc1)C1NCC2C[C@@]21NC(=O)O. The van der Waals surface area contributed by atoms with Crippen molar-refractivity contribution in [2.45, 2.75) is 30.8 Å². The normalized spacial score (nSPS) is 34.7. The van der Waals surface area contributed by atoms with Gasteiger partial charge in [0.25, 0.3) is 0 Å². The summed E-state index contributed by atoms with van der Waals surface area (Å²) in [6.07, 6.45) is 0.0557. The zero-order chi connectivity index (χ0) is 12.8. The monoisotopic (exact) mass is 246 g/mol. The molecule has 3 rings (SSSR count). The van der Waals surface area contributed by atoms with E-state index in [0.29, 0.717) is 11.8 Å². The van der Waals surface area contributed by atoms with Crippen molar-refractivity contribution >= 4 is 6.09 Å². The van der Waals surface area contributed by atoms with Gasteiger partial charge < -0.3 is 15.7 Å². The molecule has 0 radical (unpaired) electrons. The van der Waals surface area contributed by atoms with Crippen LogP contribution in [0.4, 0.5) is 4.79 Å². The fourth-order valence-corrected chi connectivity index (χ4v) is 3.44. The van der Waals surface area contributed by atoms with Crippen molar-refractivity contribution in [3.63, 3.8) is 0 Å². The average Bonchev–Trinajstić information content (AvgIpc) is 2.93. The Morgan fingerprint density at radius 1 is 1.50 bits per heavy atom.